The summed E-state index contributed by atoms with van der Waals surface area (Å²) in [5.74, 6) is -0.954. The van der Waals surface area contributed by atoms with Crippen LogP contribution in [0.2, 0.25) is 0 Å². The number of nitrogens with zero attached hydrogens (tertiary/aromatic N) is 4. The number of hydrogen-bond donors (Lipinski definition) is 0. The molecule has 0 atom stereocenters. The van der Waals surface area contributed by atoms with Gasteiger partial charge in [0.25, 0.3) is 11.8 Å². The number of amides is 2. The first-order chi connectivity index (χ1) is 9.11. The predicted octanol–water partition coefficient (Wildman–Crippen LogP) is 0.642. The molecule has 0 aliphatic carbocycles. The van der Waals surface area contributed by atoms with Gasteiger partial charge in [0.2, 0.25) is 0 Å². The Balaban J connectivity index is 2.09. The van der Waals surface area contributed by atoms with E-state index in [1.165, 1.54) is 6.08 Å². The third-order valence-corrected chi connectivity index (χ3v) is 2.71. The Morgan fingerprint density at radius 1 is 1.58 bits per heavy atom. The summed E-state index contributed by atoms with van der Waals surface area (Å²) < 4.78 is 1.62. The van der Waals surface area contributed by atoms with Gasteiger partial charge in [-0.3, -0.25) is 19.2 Å². The van der Waals surface area contributed by atoms with Gasteiger partial charge in [-0.1, -0.05) is 6.08 Å². The van der Waals surface area contributed by atoms with E-state index in [0.717, 1.165) is 10.5 Å². The monoisotopic (exact) mass is 256 g/mol. The van der Waals surface area contributed by atoms with Crippen molar-refractivity contribution in [3.63, 3.8) is 0 Å². The average molecular weight is 256 g/mol. The maximum Gasteiger partial charge on any atom is 0.271 e. The smallest absolute Gasteiger partial charge is 0.271 e. The fourth-order valence-corrected chi connectivity index (χ4v) is 1.76. The minimum Gasteiger partial charge on any atom is -0.275 e. The molecule has 2 rings (SSSR count). The SMILES string of the molecule is Cn1cc(C=CC(=O)N2CCC=C(C#N)C2=O)cn1. The van der Waals surface area contributed by atoms with Crippen LogP contribution in [0.3, 0.4) is 0 Å². The van der Waals surface area contributed by atoms with Crippen LogP contribution in [0, 0.1) is 11.3 Å². The van der Waals surface area contributed by atoms with Crippen molar-refractivity contribution in [1.82, 2.24) is 14.7 Å². The second-order valence-corrected chi connectivity index (χ2v) is 4.09. The standard InChI is InChI=1S/C13H12N4O2/c1-16-9-10(8-15-16)4-5-12(18)17-6-2-3-11(7-14)13(17)19/h3-5,8-9H,2,6H2,1H3. The van der Waals surface area contributed by atoms with E-state index in [2.05, 4.69) is 5.10 Å². The molecule has 1 aromatic rings. The highest BCUT2D eigenvalue weighted by Gasteiger charge is 2.25. The number of rotatable bonds is 2. The molecule has 0 saturated heterocycles. The molecular formula is C13H12N4O2. The normalized spacial score (nSPS) is 15.5. The number of carbonyl (C=O) groups is 2. The molecule has 0 bridgehead atoms. The highest BCUT2D eigenvalue weighted by molar-refractivity contribution is 6.10. The quantitative estimate of drug-likeness (QED) is 0.727. The number of aromatic nitrogens is 2. The summed E-state index contributed by atoms with van der Waals surface area (Å²) in [5, 5.41) is 12.7. The summed E-state index contributed by atoms with van der Waals surface area (Å²) in [7, 11) is 1.78. The first-order valence-electron chi connectivity index (χ1n) is 5.74. The van der Waals surface area contributed by atoms with Crippen LogP contribution in [-0.2, 0) is 16.6 Å². The van der Waals surface area contributed by atoms with Gasteiger partial charge < -0.3 is 0 Å². The van der Waals surface area contributed by atoms with Gasteiger partial charge in [0, 0.05) is 31.4 Å². The van der Waals surface area contributed by atoms with Crippen LogP contribution < -0.4 is 0 Å². The van der Waals surface area contributed by atoms with Gasteiger partial charge >= 0.3 is 0 Å². The Hall–Kier alpha value is -2.68. The Bertz CT molecular complexity index is 619. The molecule has 0 saturated carbocycles. The van der Waals surface area contributed by atoms with Crippen molar-refractivity contribution in [2.45, 2.75) is 6.42 Å². The molecule has 0 unspecified atom stereocenters. The summed E-state index contributed by atoms with van der Waals surface area (Å²) in [4.78, 5) is 24.8. The maximum atomic E-state index is 11.9. The molecule has 0 radical (unpaired) electrons. The van der Waals surface area contributed by atoms with Gasteiger partial charge in [-0.2, -0.15) is 10.4 Å². The largest absolute Gasteiger partial charge is 0.275 e. The zero-order chi connectivity index (χ0) is 13.8. The van der Waals surface area contributed by atoms with Crippen molar-refractivity contribution in [2.24, 2.45) is 7.05 Å². The Kier molecular flexibility index (Phi) is 3.57. The first kappa shape index (κ1) is 12.8. The van der Waals surface area contributed by atoms with Crippen molar-refractivity contribution in [2.75, 3.05) is 6.54 Å². The minimum atomic E-state index is -0.533. The molecule has 0 aromatic carbocycles. The average Bonchev–Trinajstić information content (AvgIpc) is 2.82. The zero-order valence-electron chi connectivity index (χ0n) is 10.4. The lowest BCUT2D eigenvalue weighted by Gasteiger charge is -2.21. The van der Waals surface area contributed by atoms with Gasteiger partial charge in [0.05, 0.1) is 6.20 Å². The van der Waals surface area contributed by atoms with Crippen LogP contribution in [0.25, 0.3) is 6.08 Å². The molecule has 1 aliphatic rings. The van der Waals surface area contributed by atoms with Gasteiger partial charge in [-0.15, -0.1) is 0 Å². The molecule has 96 valence electrons. The fraction of sp³-hybridized carbons (Fsp3) is 0.231. The summed E-state index contributed by atoms with van der Waals surface area (Å²) in [6.45, 7) is 0.306. The Labute approximate surface area is 110 Å². The molecule has 2 heterocycles. The number of hydrogen-bond acceptors (Lipinski definition) is 4. The van der Waals surface area contributed by atoms with E-state index in [-0.39, 0.29) is 5.57 Å². The lowest BCUT2D eigenvalue weighted by Crippen LogP contribution is -2.39. The van der Waals surface area contributed by atoms with E-state index in [4.69, 9.17) is 5.26 Å². The highest BCUT2D eigenvalue weighted by Crippen LogP contribution is 2.12. The molecule has 19 heavy (non-hydrogen) atoms. The summed E-state index contributed by atoms with van der Waals surface area (Å²) in [6, 6.07) is 1.80. The third kappa shape index (κ3) is 2.77. The first-order valence-corrected chi connectivity index (χ1v) is 5.74. The number of nitriles is 1. The molecule has 0 N–H and O–H groups in total. The van der Waals surface area contributed by atoms with Crippen LogP contribution in [0.15, 0.2) is 30.1 Å². The van der Waals surface area contributed by atoms with Crippen molar-refractivity contribution < 1.29 is 9.59 Å². The van der Waals surface area contributed by atoms with Crippen molar-refractivity contribution in [3.8, 4) is 6.07 Å². The lowest BCUT2D eigenvalue weighted by molar-refractivity contribution is -0.139. The second-order valence-electron chi connectivity index (χ2n) is 4.09. The fourth-order valence-electron chi connectivity index (χ4n) is 1.76. The van der Waals surface area contributed by atoms with Gasteiger partial charge in [0.1, 0.15) is 11.6 Å². The van der Waals surface area contributed by atoms with Gasteiger partial charge in [0.15, 0.2) is 0 Å². The number of imide groups is 1. The summed E-state index contributed by atoms with van der Waals surface area (Å²) in [6.07, 6.45) is 8.34. The maximum absolute atomic E-state index is 11.9. The van der Waals surface area contributed by atoms with E-state index >= 15 is 0 Å². The third-order valence-electron chi connectivity index (χ3n) is 2.71. The molecule has 0 fully saturated rings. The Morgan fingerprint density at radius 3 is 3.00 bits per heavy atom. The van der Waals surface area contributed by atoms with Crippen molar-refractivity contribution in [1.29, 1.82) is 5.26 Å². The van der Waals surface area contributed by atoms with Gasteiger partial charge in [-0.25, -0.2) is 0 Å². The molecule has 1 aliphatic heterocycles. The number of carbonyl (C=O) groups excluding carboxylic acids is 2. The topological polar surface area (TPSA) is 79.0 Å². The van der Waals surface area contributed by atoms with Crippen LogP contribution >= 0.6 is 0 Å². The van der Waals surface area contributed by atoms with Crippen LogP contribution in [0.4, 0.5) is 0 Å². The Morgan fingerprint density at radius 2 is 2.37 bits per heavy atom. The second kappa shape index (κ2) is 5.31. The van der Waals surface area contributed by atoms with E-state index in [1.54, 1.807) is 42.3 Å². The minimum absolute atomic E-state index is 0.0226. The van der Waals surface area contributed by atoms with Crippen molar-refractivity contribution >= 4 is 17.9 Å². The molecule has 2 amide bonds. The molecule has 1 aromatic heterocycles. The van der Waals surface area contributed by atoms with Gasteiger partial charge in [-0.05, 0) is 12.5 Å². The lowest BCUT2D eigenvalue weighted by atomic mass is 10.1. The van der Waals surface area contributed by atoms with Crippen LogP contribution in [0.1, 0.15) is 12.0 Å². The molecular weight excluding hydrogens is 244 g/mol. The highest BCUT2D eigenvalue weighted by atomic mass is 16.2. The van der Waals surface area contributed by atoms with E-state index in [9.17, 15) is 9.59 Å². The predicted molar refractivity (Wildman–Crippen MR) is 67.3 cm³/mol. The molecule has 0 spiro atoms. The molecule has 6 heteroatoms. The van der Waals surface area contributed by atoms with E-state index < -0.39 is 11.8 Å². The summed E-state index contributed by atoms with van der Waals surface area (Å²) >= 11 is 0. The zero-order valence-corrected chi connectivity index (χ0v) is 10.4. The van der Waals surface area contributed by atoms with E-state index in [0.29, 0.717) is 13.0 Å². The molecule has 6 nitrogen and oxygen atoms in total. The van der Waals surface area contributed by atoms with Crippen molar-refractivity contribution in [3.05, 3.63) is 35.7 Å². The summed E-state index contributed by atoms with van der Waals surface area (Å²) in [5.41, 5.74) is 0.797. The van der Waals surface area contributed by atoms with Crippen LogP contribution in [0.5, 0.6) is 0 Å². The number of aryl methyl sites for hydroxylation is 1. The van der Waals surface area contributed by atoms with Crippen LogP contribution in [-0.4, -0.2) is 33.0 Å². The van der Waals surface area contributed by atoms with E-state index in [1.807, 2.05) is 0 Å².